The van der Waals surface area contributed by atoms with Crippen molar-refractivity contribution in [2.75, 3.05) is 6.61 Å². The van der Waals surface area contributed by atoms with Crippen LogP contribution in [0, 0.1) is 17.5 Å². The van der Waals surface area contributed by atoms with E-state index in [0.717, 1.165) is 6.07 Å². The van der Waals surface area contributed by atoms with E-state index in [9.17, 15) is 22.8 Å². The maximum absolute atomic E-state index is 14.2. The lowest BCUT2D eigenvalue weighted by Crippen LogP contribution is -2.29. The van der Waals surface area contributed by atoms with Gasteiger partial charge in [0.25, 0.3) is 0 Å². The Morgan fingerprint density at radius 3 is 2.44 bits per heavy atom. The monoisotopic (exact) mass is 378 g/mol. The van der Waals surface area contributed by atoms with Gasteiger partial charge in [0.1, 0.15) is 16.7 Å². The molecule has 142 valence electrons. The highest BCUT2D eigenvalue weighted by molar-refractivity contribution is 5.97. The van der Waals surface area contributed by atoms with E-state index in [1.807, 2.05) is 0 Å². The molecule has 0 saturated heterocycles. The molecule has 0 unspecified atom stereocenters. The number of fused-ring (bicyclic) bond motifs is 2. The predicted molar refractivity (Wildman–Crippen MR) is 94.3 cm³/mol. The van der Waals surface area contributed by atoms with Crippen molar-refractivity contribution in [3.05, 3.63) is 51.6 Å². The van der Waals surface area contributed by atoms with Gasteiger partial charge in [0.05, 0.1) is 12.0 Å². The molecule has 0 aliphatic carbocycles. The van der Waals surface area contributed by atoms with Crippen molar-refractivity contribution < 1.29 is 22.7 Å². The number of aromatic nitrogens is 2. The molecule has 8 heteroatoms. The molecule has 0 N–H and O–H groups in total. The molecular weight excluding hydrogens is 361 g/mol. The van der Waals surface area contributed by atoms with Crippen LogP contribution in [0.5, 0.6) is 0 Å². The standard InChI is InChI=1S/C19H17F3N2O3/c1-5-27-18(26)11-8-24(19(2,3)4)17-10(16(11)25)6-9-7-12(20)13(21)14(22)15(9)23-17/h6-8H,5H2,1-4H3. The molecule has 3 aromatic rings. The number of pyridine rings is 2. The Morgan fingerprint density at radius 1 is 1.19 bits per heavy atom. The average Bonchev–Trinajstić information content (AvgIpc) is 2.58. The highest BCUT2D eigenvalue weighted by Gasteiger charge is 2.24. The van der Waals surface area contributed by atoms with Crippen LogP contribution in [0.3, 0.4) is 0 Å². The van der Waals surface area contributed by atoms with Gasteiger partial charge in [0.15, 0.2) is 17.5 Å². The molecule has 0 aliphatic heterocycles. The van der Waals surface area contributed by atoms with E-state index in [0.29, 0.717) is 0 Å². The molecule has 0 bridgehead atoms. The maximum Gasteiger partial charge on any atom is 0.343 e. The van der Waals surface area contributed by atoms with Crippen LogP contribution in [0.4, 0.5) is 13.2 Å². The minimum Gasteiger partial charge on any atom is -0.462 e. The Hall–Kier alpha value is -2.90. The van der Waals surface area contributed by atoms with Gasteiger partial charge < -0.3 is 9.30 Å². The lowest BCUT2D eigenvalue weighted by atomic mass is 10.0. The van der Waals surface area contributed by atoms with Crippen LogP contribution in [0.25, 0.3) is 21.9 Å². The Bertz CT molecular complexity index is 1150. The average molecular weight is 378 g/mol. The summed E-state index contributed by atoms with van der Waals surface area (Å²) >= 11 is 0. The Kier molecular flexibility index (Phi) is 4.45. The number of nitrogens with zero attached hydrogens (tertiary/aromatic N) is 2. The van der Waals surface area contributed by atoms with Gasteiger partial charge in [-0.3, -0.25) is 4.79 Å². The maximum atomic E-state index is 14.2. The topological polar surface area (TPSA) is 61.2 Å². The molecular formula is C19H17F3N2O3. The molecule has 27 heavy (non-hydrogen) atoms. The highest BCUT2D eigenvalue weighted by atomic mass is 19.2. The smallest absolute Gasteiger partial charge is 0.343 e. The number of benzene rings is 1. The van der Waals surface area contributed by atoms with E-state index < -0.39 is 39.9 Å². The summed E-state index contributed by atoms with van der Waals surface area (Å²) in [5, 5.41) is -0.106. The van der Waals surface area contributed by atoms with Crippen LogP contribution in [-0.2, 0) is 10.3 Å². The number of ether oxygens (including phenoxy) is 1. The minimum atomic E-state index is -1.64. The number of rotatable bonds is 2. The normalized spacial score (nSPS) is 12.0. The van der Waals surface area contributed by atoms with Crippen LogP contribution in [0.2, 0.25) is 0 Å². The zero-order valence-electron chi connectivity index (χ0n) is 15.2. The van der Waals surface area contributed by atoms with Crippen LogP contribution >= 0.6 is 0 Å². The molecule has 1 aromatic carbocycles. The first-order valence-corrected chi connectivity index (χ1v) is 8.27. The summed E-state index contributed by atoms with van der Waals surface area (Å²) in [6, 6.07) is 1.97. The first kappa shape index (κ1) is 18.9. The summed E-state index contributed by atoms with van der Waals surface area (Å²) < 4.78 is 47.8. The van der Waals surface area contributed by atoms with Crippen LogP contribution in [-0.4, -0.2) is 22.1 Å². The molecule has 0 amide bonds. The molecule has 0 fully saturated rings. The van der Waals surface area contributed by atoms with Gasteiger partial charge in [-0.15, -0.1) is 0 Å². The summed E-state index contributed by atoms with van der Waals surface area (Å²) in [5.41, 5.74) is -1.89. The van der Waals surface area contributed by atoms with Crippen LogP contribution in [0.1, 0.15) is 38.1 Å². The Morgan fingerprint density at radius 2 is 1.85 bits per heavy atom. The van der Waals surface area contributed by atoms with Gasteiger partial charge in [-0.1, -0.05) is 0 Å². The van der Waals surface area contributed by atoms with Crippen molar-refractivity contribution in [2.24, 2.45) is 0 Å². The molecule has 0 aliphatic rings. The van der Waals surface area contributed by atoms with Crippen molar-refractivity contribution in [3.8, 4) is 0 Å². The predicted octanol–water partition coefficient (Wildman–Crippen LogP) is 3.90. The minimum absolute atomic E-state index is 0.0200. The van der Waals surface area contributed by atoms with Crippen molar-refractivity contribution in [2.45, 2.75) is 33.2 Å². The van der Waals surface area contributed by atoms with Gasteiger partial charge >= 0.3 is 5.97 Å². The quantitative estimate of drug-likeness (QED) is 0.386. The van der Waals surface area contributed by atoms with Gasteiger partial charge in [-0.2, -0.15) is 0 Å². The first-order chi connectivity index (χ1) is 12.6. The zero-order valence-corrected chi connectivity index (χ0v) is 15.2. The van der Waals surface area contributed by atoms with Crippen molar-refractivity contribution in [3.63, 3.8) is 0 Å². The SMILES string of the molecule is CCOC(=O)c1cn(C(C)(C)C)c2nc3c(F)c(F)c(F)cc3cc2c1=O. The van der Waals surface area contributed by atoms with Crippen molar-refractivity contribution in [1.29, 1.82) is 0 Å². The molecule has 2 aromatic heterocycles. The van der Waals surface area contributed by atoms with Crippen LogP contribution < -0.4 is 5.43 Å². The number of hydrogen-bond acceptors (Lipinski definition) is 4. The van der Waals surface area contributed by atoms with Crippen LogP contribution in [0.15, 0.2) is 23.1 Å². The summed E-state index contributed by atoms with van der Waals surface area (Å²) in [6.07, 6.45) is 1.29. The Labute approximate surface area is 152 Å². The second-order valence-electron chi connectivity index (χ2n) is 7.05. The first-order valence-electron chi connectivity index (χ1n) is 8.27. The highest BCUT2D eigenvalue weighted by Crippen LogP contribution is 2.27. The van der Waals surface area contributed by atoms with E-state index in [1.165, 1.54) is 16.8 Å². The van der Waals surface area contributed by atoms with Gasteiger partial charge in [0, 0.05) is 17.1 Å². The van der Waals surface area contributed by atoms with Crippen molar-refractivity contribution >= 4 is 27.9 Å². The molecule has 2 heterocycles. The fourth-order valence-corrected chi connectivity index (χ4v) is 2.82. The number of carbonyl (C=O) groups is 1. The van der Waals surface area contributed by atoms with E-state index in [4.69, 9.17) is 4.74 Å². The summed E-state index contributed by atoms with van der Waals surface area (Å²) in [6.45, 7) is 7.06. The molecule has 0 saturated carbocycles. The van der Waals surface area contributed by atoms with Gasteiger partial charge in [0.2, 0.25) is 5.43 Å². The zero-order chi connectivity index (χ0) is 20.1. The lowest BCUT2D eigenvalue weighted by molar-refractivity contribution is 0.0524. The van der Waals surface area contributed by atoms with E-state index >= 15 is 0 Å². The fraction of sp³-hybridized carbons (Fsp3) is 0.316. The number of halogens is 3. The Balaban J connectivity index is 2.51. The fourth-order valence-electron chi connectivity index (χ4n) is 2.82. The lowest BCUT2D eigenvalue weighted by Gasteiger charge is -2.25. The second kappa shape index (κ2) is 6.37. The molecule has 3 rings (SSSR count). The van der Waals surface area contributed by atoms with E-state index in [2.05, 4.69) is 4.98 Å². The molecule has 5 nitrogen and oxygen atoms in total. The van der Waals surface area contributed by atoms with E-state index in [1.54, 1.807) is 27.7 Å². The molecule has 0 radical (unpaired) electrons. The number of hydrogen-bond donors (Lipinski definition) is 0. The van der Waals surface area contributed by atoms with Crippen molar-refractivity contribution in [1.82, 2.24) is 9.55 Å². The number of carbonyl (C=O) groups excluding carboxylic acids is 1. The molecule has 0 spiro atoms. The third kappa shape index (κ3) is 3.05. The van der Waals surface area contributed by atoms with Gasteiger partial charge in [-0.25, -0.2) is 22.9 Å². The summed E-state index contributed by atoms with van der Waals surface area (Å²) in [4.78, 5) is 29.0. The summed E-state index contributed by atoms with van der Waals surface area (Å²) in [5.74, 6) is -5.27. The van der Waals surface area contributed by atoms with Gasteiger partial charge in [-0.05, 0) is 39.8 Å². The largest absolute Gasteiger partial charge is 0.462 e. The summed E-state index contributed by atoms with van der Waals surface area (Å²) in [7, 11) is 0. The molecule has 0 atom stereocenters. The third-order valence-corrected chi connectivity index (χ3v) is 4.12. The second-order valence-corrected chi connectivity index (χ2v) is 7.05. The number of esters is 1. The van der Waals surface area contributed by atoms with E-state index in [-0.39, 0.29) is 28.6 Å². The third-order valence-electron chi connectivity index (χ3n) is 4.12.